The molecule has 0 saturated carbocycles. The van der Waals surface area contributed by atoms with Crippen LogP contribution in [-0.4, -0.2) is 19.9 Å². The molecule has 0 aromatic carbocycles. The van der Waals surface area contributed by atoms with Gasteiger partial charge in [-0.05, 0) is 0 Å². The zero-order chi connectivity index (χ0) is 12.0. The first-order chi connectivity index (χ1) is 7.58. The molecule has 84 valence electrons. The Labute approximate surface area is 91.7 Å². The van der Waals surface area contributed by atoms with E-state index in [9.17, 15) is 0 Å². The molecule has 0 bridgehead atoms. The highest BCUT2D eigenvalue weighted by atomic mass is 15.0. The summed E-state index contributed by atoms with van der Waals surface area (Å²) in [6, 6.07) is 3.00. The first-order valence-corrected chi connectivity index (χ1v) is 4.24. The molecule has 8 nitrogen and oxygen atoms in total. The van der Waals surface area contributed by atoms with Crippen LogP contribution in [0.15, 0.2) is 24.8 Å². The van der Waals surface area contributed by atoms with Crippen molar-refractivity contribution in [3.05, 3.63) is 24.8 Å². The predicted molar refractivity (Wildman–Crippen MR) is 61.7 cm³/mol. The molecular weight excluding hydrogens is 208 g/mol. The normalized spacial score (nSPS) is 9.00. The lowest BCUT2D eigenvalue weighted by atomic mass is 10.5. The molecule has 0 saturated heterocycles. The number of hydrogen-bond acceptors (Lipinski definition) is 8. The Morgan fingerprint density at radius 3 is 0.938 bits per heavy atom. The molecule has 0 aliphatic rings. The first kappa shape index (κ1) is 11.4. The van der Waals surface area contributed by atoms with Crippen molar-refractivity contribution in [2.45, 2.75) is 0 Å². The van der Waals surface area contributed by atoms with Gasteiger partial charge in [0.25, 0.3) is 0 Å². The minimum Gasteiger partial charge on any atom is -0.384 e. The lowest BCUT2D eigenvalue weighted by Crippen LogP contribution is -1.94. The van der Waals surface area contributed by atoms with Crippen LogP contribution >= 0.6 is 0 Å². The van der Waals surface area contributed by atoms with Crippen molar-refractivity contribution in [3.63, 3.8) is 0 Å². The molecule has 0 aliphatic heterocycles. The fourth-order valence-electron chi connectivity index (χ4n) is 0.777. The molecule has 8 heteroatoms. The van der Waals surface area contributed by atoms with Gasteiger partial charge in [-0.2, -0.15) is 0 Å². The lowest BCUT2D eigenvalue weighted by molar-refractivity contribution is 1.19. The van der Waals surface area contributed by atoms with Gasteiger partial charge in [0.1, 0.15) is 35.9 Å². The van der Waals surface area contributed by atoms with Gasteiger partial charge in [0.2, 0.25) is 0 Å². The minimum absolute atomic E-state index is 0.400. The van der Waals surface area contributed by atoms with Crippen LogP contribution in [-0.2, 0) is 0 Å². The number of rotatable bonds is 0. The van der Waals surface area contributed by atoms with Crippen molar-refractivity contribution < 1.29 is 0 Å². The lowest BCUT2D eigenvalue weighted by Gasteiger charge is -1.89. The summed E-state index contributed by atoms with van der Waals surface area (Å²) in [5, 5.41) is 0. The Balaban J connectivity index is 0.000000160. The van der Waals surface area contributed by atoms with Gasteiger partial charge in [0.15, 0.2) is 0 Å². The fourth-order valence-corrected chi connectivity index (χ4v) is 0.777. The zero-order valence-electron chi connectivity index (χ0n) is 8.41. The highest BCUT2D eigenvalue weighted by Gasteiger charge is 1.85. The second kappa shape index (κ2) is 5.29. The molecule has 2 aromatic heterocycles. The Hall–Kier alpha value is -2.64. The molecule has 0 atom stereocenters. The van der Waals surface area contributed by atoms with Gasteiger partial charge in [0, 0.05) is 12.1 Å². The van der Waals surface area contributed by atoms with E-state index in [1.807, 2.05) is 0 Å². The molecule has 0 fully saturated rings. The van der Waals surface area contributed by atoms with E-state index in [-0.39, 0.29) is 0 Å². The Bertz CT molecular complexity index is 379. The standard InChI is InChI=1S/2C4H6N4/c2*5-3-1-4(6)8-2-7-3/h2*1-2H,(H4,5,6,7,8). The van der Waals surface area contributed by atoms with E-state index >= 15 is 0 Å². The van der Waals surface area contributed by atoms with Crippen molar-refractivity contribution in [2.24, 2.45) is 0 Å². The van der Waals surface area contributed by atoms with Crippen LogP contribution in [0.1, 0.15) is 0 Å². The van der Waals surface area contributed by atoms with E-state index in [0.717, 1.165) is 0 Å². The average Bonchev–Trinajstić information content (AvgIpc) is 2.17. The Kier molecular flexibility index (Phi) is 3.78. The predicted octanol–water partition coefficient (Wildman–Crippen LogP) is -0.718. The molecule has 2 aromatic rings. The maximum Gasteiger partial charge on any atom is 0.128 e. The third kappa shape index (κ3) is 4.05. The van der Waals surface area contributed by atoms with Gasteiger partial charge >= 0.3 is 0 Å². The van der Waals surface area contributed by atoms with Crippen LogP contribution in [0, 0.1) is 0 Å². The van der Waals surface area contributed by atoms with Crippen LogP contribution in [0.2, 0.25) is 0 Å². The minimum atomic E-state index is 0.400. The number of aromatic nitrogens is 4. The average molecular weight is 220 g/mol. The highest BCUT2D eigenvalue weighted by Crippen LogP contribution is 1.97. The second-order valence-corrected chi connectivity index (χ2v) is 2.74. The van der Waals surface area contributed by atoms with Gasteiger partial charge in [-0.1, -0.05) is 0 Å². The summed E-state index contributed by atoms with van der Waals surface area (Å²) in [5.41, 5.74) is 20.9. The number of hydrogen-bond donors (Lipinski definition) is 4. The summed E-state index contributed by atoms with van der Waals surface area (Å²) in [5.74, 6) is 1.60. The van der Waals surface area contributed by atoms with Gasteiger partial charge in [-0.25, -0.2) is 19.9 Å². The summed E-state index contributed by atoms with van der Waals surface area (Å²) in [4.78, 5) is 14.5. The molecule has 2 heterocycles. The zero-order valence-corrected chi connectivity index (χ0v) is 8.41. The molecule has 16 heavy (non-hydrogen) atoms. The maximum atomic E-state index is 5.23. The third-order valence-electron chi connectivity index (χ3n) is 1.42. The summed E-state index contributed by atoms with van der Waals surface area (Å²) < 4.78 is 0. The third-order valence-corrected chi connectivity index (χ3v) is 1.42. The summed E-state index contributed by atoms with van der Waals surface area (Å²) in [7, 11) is 0. The monoisotopic (exact) mass is 220 g/mol. The second-order valence-electron chi connectivity index (χ2n) is 2.74. The molecule has 0 aliphatic carbocycles. The van der Waals surface area contributed by atoms with E-state index in [0.29, 0.717) is 23.3 Å². The molecule has 0 spiro atoms. The Morgan fingerprint density at radius 1 is 0.562 bits per heavy atom. The molecule has 0 radical (unpaired) electrons. The van der Waals surface area contributed by atoms with Crippen molar-refractivity contribution in [1.29, 1.82) is 0 Å². The van der Waals surface area contributed by atoms with Crippen LogP contribution in [0.25, 0.3) is 0 Å². The topological polar surface area (TPSA) is 156 Å². The van der Waals surface area contributed by atoms with E-state index in [4.69, 9.17) is 22.9 Å². The SMILES string of the molecule is Nc1cc(N)ncn1.Nc1cc(N)ncn1. The van der Waals surface area contributed by atoms with Crippen molar-refractivity contribution >= 4 is 23.3 Å². The van der Waals surface area contributed by atoms with Gasteiger partial charge in [-0.15, -0.1) is 0 Å². The highest BCUT2D eigenvalue weighted by molar-refractivity contribution is 5.39. The van der Waals surface area contributed by atoms with Crippen LogP contribution in [0.3, 0.4) is 0 Å². The fraction of sp³-hybridized carbons (Fsp3) is 0. The first-order valence-electron chi connectivity index (χ1n) is 4.24. The number of nitrogens with zero attached hydrogens (tertiary/aromatic N) is 4. The van der Waals surface area contributed by atoms with Gasteiger partial charge in [0.05, 0.1) is 0 Å². The molecule has 8 N–H and O–H groups in total. The smallest absolute Gasteiger partial charge is 0.128 e. The van der Waals surface area contributed by atoms with Crippen molar-refractivity contribution in [3.8, 4) is 0 Å². The van der Waals surface area contributed by atoms with Crippen molar-refractivity contribution in [1.82, 2.24) is 19.9 Å². The summed E-state index contributed by atoms with van der Waals surface area (Å²) in [6.45, 7) is 0. The maximum absolute atomic E-state index is 5.23. The number of anilines is 4. The molecule has 0 unspecified atom stereocenters. The Morgan fingerprint density at radius 2 is 0.812 bits per heavy atom. The largest absolute Gasteiger partial charge is 0.384 e. The summed E-state index contributed by atoms with van der Waals surface area (Å²) >= 11 is 0. The van der Waals surface area contributed by atoms with E-state index in [1.54, 1.807) is 0 Å². The van der Waals surface area contributed by atoms with Gasteiger partial charge in [-0.3, -0.25) is 0 Å². The van der Waals surface area contributed by atoms with E-state index in [2.05, 4.69) is 19.9 Å². The molecule has 2 rings (SSSR count). The van der Waals surface area contributed by atoms with Gasteiger partial charge < -0.3 is 22.9 Å². The number of nitrogen functional groups attached to an aromatic ring is 4. The molecule has 0 amide bonds. The van der Waals surface area contributed by atoms with Crippen molar-refractivity contribution in [2.75, 3.05) is 22.9 Å². The number of nitrogens with two attached hydrogens (primary N) is 4. The van der Waals surface area contributed by atoms with E-state index < -0.39 is 0 Å². The van der Waals surface area contributed by atoms with Crippen LogP contribution in [0.4, 0.5) is 23.3 Å². The van der Waals surface area contributed by atoms with Crippen LogP contribution < -0.4 is 22.9 Å². The molecular formula is C8H12N8. The summed E-state index contributed by atoms with van der Waals surface area (Å²) in [6.07, 6.45) is 2.65. The van der Waals surface area contributed by atoms with E-state index in [1.165, 1.54) is 24.8 Å². The van der Waals surface area contributed by atoms with Crippen LogP contribution in [0.5, 0.6) is 0 Å². The quantitative estimate of drug-likeness (QED) is 0.453.